The van der Waals surface area contributed by atoms with E-state index in [1.165, 1.54) is 18.3 Å². The van der Waals surface area contributed by atoms with E-state index < -0.39 is 18.4 Å². The third-order valence-corrected chi connectivity index (χ3v) is 4.93. The summed E-state index contributed by atoms with van der Waals surface area (Å²) >= 11 is 0. The zero-order chi connectivity index (χ0) is 20.8. The van der Waals surface area contributed by atoms with Crippen LogP contribution >= 0.6 is 0 Å². The number of fused-ring (bicyclic) bond motifs is 1. The van der Waals surface area contributed by atoms with E-state index in [0.717, 1.165) is 0 Å². The van der Waals surface area contributed by atoms with Crippen molar-refractivity contribution >= 4 is 17.1 Å². The highest BCUT2D eigenvalue weighted by atomic mass is 19.3. The molecule has 1 aromatic heterocycles. The average Bonchev–Trinajstić information content (AvgIpc) is 3.22. The molecule has 146 valence electrons. The van der Waals surface area contributed by atoms with E-state index in [-0.39, 0.29) is 11.5 Å². The zero-order valence-electron chi connectivity index (χ0n) is 15.5. The normalized spacial score (nSPS) is 16.8. The monoisotopic (exact) mass is 393 g/mol. The van der Waals surface area contributed by atoms with Crippen molar-refractivity contribution in [2.75, 3.05) is 11.1 Å². The summed E-state index contributed by atoms with van der Waals surface area (Å²) in [4.78, 5) is 3.97. The quantitative estimate of drug-likeness (QED) is 0.454. The van der Waals surface area contributed by atoms with Crippen molar-refractivity contribution in [2.45, 2.75) is 25.3 Å². The van der Waals surface area contributed by atoms with Crippen LogP contribution in [0, 0.1) is 23.7 Å². The Hall–Kier alpha value is -3.73. The van der Waals surface area contributed by atoms with Gasteiger partial charge in [0.1, 0.15) is 11.8 Å². The summed E-state index contributed by atoms with van der Waals surface area (Å²) in [6, 6.07) is 10.0. The maximum absolute atomic E-state index is 14.7. The highest BCUT2D eigenvalue weighted by Gasteiger charge is 2.47. The number of nitrogens with one attached hydrogen (secondary N) is 2. The number of nitrogens with two attached hydrogens (primary N) is 1. The van der Waals surface area contributed by atoms with Crippen molar-refractivity contribution in [1.82, 2.24) is 4.98 Å². The van der Waals surface area contributed by atoms with Gasteiger partial charge in [-0.05, 0) is 41.5 Å². The van der Waals surface area contributed by atoms with Crippen molar-refractivity contribution in [3.05, 3.63) is 76.5 Å². The van der Waals surface area contributed by atoms with Crippen molar-refractivity contribution in [3.8, 4) is 6.07 Å². The van der Waals surface area contributed by atoms with Gasteiger partial charge in [-0.1, -0.05) is 6.07 Å². The Morgan fingerprint density at radius 3 is 2.83 bits per heavy atom. The van der Waals surface area contributed by atoms with E-state index in [1.54, 1.807) is 31.2 Å². The van der Waals surface area contributed by atoms with Crippen molar-refractivity contribution in [2.24, 2.45) is 0 Å². The summed E-state index contributed by atoms with van der Waals surface area (Å²) in [6.07, 6.45) is 0.982. The zero-order valence-corrected chi connectivity index (χ0v) is 15.5. The fourth-order valence-electron chi connectivity index (χ4n) is 3.52. The Labute approximate surface area is 165 Å². The number of hydrogen-bond acceptors (Lipinski definition) is 6. The molecule has 0 saturated heterocycles. The predicted molar refractivity (Wildman–Crippen MR) is 104 cm³/mol. The predicted octanol–water partition coefficient (Wildman–Crippen LogP) is 4.20. The minimum absolute atomic E-state index is 0.0176. The number of rotatable bonds is 4. The number of nitrogens with zero attached hydrogens (tertiary/aromatic N) is 2. The Kier molecular flexibility index (Phi) is 4.31. The summed E-state index contributed by atoms with van der Waals surface area (Å²) < 4.78 is 34.8. The molecule has 29 heavy (non-hydrogen) atoms. The van der Waals surface area contributed by atoms with Gasteiger partial charge in [0, 0.05) is 30.3 Å². The van der Waals surface area contributed by atoms with Gasteiger partial charge >= 0.3 is 0 Å². The minimum Gasteiger partial charge on any atom is -0.439 e. The van der Waals surface area contributed by atoms with Crippen LogP contribution in [-0.4, -0.2) is 16.6 Å². The summed E-state index contributed by atoms with van der Waals surface area (Å²) in [7, 11) is 0. The van der Waals surface area contributed by atoms with Crippen molar-refractivity contribution in [3.63, 3.8) is 0 Å². The highest BCUT2D eigenvalue weighted by Crippen LogP contribution is 2.45. The smallest absolute Gasteiger partial charge is 0.275 e. The number of aryl methyl sites for hydroxylation is 1. The lowest BCUT2D eigenvalue weighted by atomic mass is 10.0. The van der Waals surface area contributed by atoms with E-state index in [1.807, 2.05) is 6.07 Å². The molecular weight excluding hydrogens is 376 g/mol. The third kappa shape index (κ3) is 3.31. The minimum atomic E-state index is -3.02. The molecule has 1 atom stereocenters. The van der Waals surface area contributed by atoms with Gasteiger partial charge < -0.3 is 15.5 Å². The number of nitriles is 1. The summed E-state index contributed by atoms with van der Waals surface area (Å²) in [5.41, 5.74) is 8.35. The summed E-state index contributed by atoms with van der Waals surface area (Å²) in [5, 5.41) is 20.2. The first-order valence-corrected chi connectivity index (χ1v) is 8.87. The molecule has 4 N–H and O–H groups in total. The van der Waals surface area contributed by atoms with Crippen molar-refractivity contribution < 1.29 is 13.2 Å². The van der Waals surface area contributed by atoms with Gasteiger partial charge in [0.05, 0.1) is 17.8 Å². The van der Waals surface area contributed by atoms with Crippen LogP contribution < -0.4 is 11.1 Å². The molecule has 6 nitrogen and oxygen atoms in total. The molecular formula is C21H17F2N5O. The van der Waals surface area contributed by atoms with E-state index in [0.29, 0.717) is 39.5 Å². The van der Waals surface area contributed by atoms with Gasteiger partial charge in [0.2, 0.25) is 0 Å². The molecule has 3 aromatic rings. The molecule has 2 aromatic carbocycles. The molecule has 1 aliphatic rings. The van der Waals surface area contributed by atoms with Gasteiger partial charge in [0.25, 0.3) is 5.92 Å². The number of nitrogen functional groups attached to an aromatic ring is 1. The second kappa shape index (κ2) is 6.71. The van der Waals surface area contributed by atoms with E-state index in [9.17, 15) is 8.78 Å². The van der Waals surface area contributed by atoms with Gasteiger partial charge in [0.15, 0.2) is 11.7 Å². The van der Waals surface area contributed by atoms with Gasteiger partial charge in [-0.15, -0.1) is 0 Å². The highest BCUT2D eigenvalue weighted by molar-refractivity contribution is 6.12. The molecule has 0 bridgehead atoms. The molecule has 0 aliphatic heterocycles. The topological polar surface area (TPSA) is 112 Å². The van der Waals surface area contributed by atoms with Crippen LogP contribution in [0.1, 0.15) is 39.9 Å². The summed E-state index contributed by atoms with van der Waals surface area (Å²) in [6.45, 7) is 1.66. The van der Waals surface area contributed by atoms with Crippen LogP contribution in [0.15, 0.2) is 47.0 Å². The molecule has 1 aliphatic carbocycles. The number of hydrogen-bond donors (Lipinski definition) is 3. The Balaban J connectivity index is 1.67. The van der Waals surface area contributed by atoms with Crippen molar-refractivity contribution in [1.29, 1.82) is 10.7 Å². The maximum atomic E-state index is 14.7. The first kappa shape index (κ1) is 18.6. The molecule has 0 fully saturated rings. The third-order valence-electron chi connectivity index (χ3n) is 4.93. The lowest BCUT2D eigenvalue weighted by molar-refractivity contribution is -0.00705. The molecule has 1 heterocycles. The fourth-order valence-corrected chi connectivity index (χ4v) is 3.52. The SMILES string of the molecule is Cc1ncc(C(=N)c2cc(N[C@H]3c4ccc(C#N)cc4CC3(F)F)ccc2N)o1. The molecule has 0 amide bonds. The van der Waals surface area contributed by atoms with Crippen LogP contribution in [0.25, 0.3) is 0 Å². The number of aromatic nitrogens is 1. The number of benzene rings is 2. The maximum Gasteiger partial charge on any atom is 0.275 e. The van der Waals surface area contributed by atoms with Gasteiger partial charge in [-0.3, -0.25) is 5.41 Å². The number of oxazole rings is 1. The van der Waals surface area contributed by atoms with Crippen LogP contribution in [0.2, 0.25) is 0 Å². The summed E-state index contributed by atoms with van der Waals surface area (Å²) in [5.74, 6) is -2.36. The molecule has 8 heteroatoms. The van der Waals surface area contributed by atoms with Crippen LogP contribution in [0.5, 0.6) is 0 Å². The van der Waals surface area contributed by atoms with E-state index in [2.05, 4.69) is 10.3 Å². The van der Waals surface area contributed by atoms with E-state index in [4.69, 9.17) is 20.8 Å². The lowest BCUT2D eigenvalue weighted by Crippen LogP contribution is -2.28. The largest absolute Gasteiger partial charge is 0.439 e. The molecule has 4 rings (SSSR count). The molecule has 0 unspecified atom stereocenters. The molecule has 0 spiro atoms. The number of alkyl halides is 2. The second-order valence-corrected chi connectivity index (χ2v) is 6.96. The molecule has 0 radical (unpaired) electrons. The Morgan fingerprint density at radius 2 is 2.14 bits per heavy atom. The van der Waals surface area contributed by atoms with E-state index >= 15 is 0 Å². The standard InChI is InChI=1S/C21H17F2N5O/c1-11-27-10-18(29-11)19(26)16-7-14(3-5-17(16)25)28-20-15-4-2-12(9-24)6-13(15)8-21(20,22)23/h2-7,10,20,26,28H,8,25H2,1H3/t20-/m0/s1. The van der Waals surface area contributed by atoms with Gasteiger partial charge in [-0.25, -0.2) is 13.8 Å². The average molecular weight is 393 g/mol. The van der Waals surface area contributed by atoms with Crippen LogP contribution in [-0.2, 0) is 6.42 Å². The Morgan fingerprint density at radius 1 is 1.34 bits per heavy atom. The van der Waals surface area contributed by atoms with Gasteiger partial charge in [-0.2, -0.15) is 5.26 Å². The molecule has 0 saturated carbocycles. The first-order chi connectivity index (χ1) is 13.8. The number of anilines is 2. The Bertz CT molecular complexity index is 1160. The number of halogens is 2. The second-order valence-electron chi connectivity index (χ2n) is 6.96. The van der Waals surface area contributed by atoms with Crippen LogP contribution in [0.3, 0.4) is 0 Å². The van der Waals surface area contributed by atoms with Crippen LogP contribution in [0.4, 0.5) is 20.2 Å². The lowest BCUT2D eigenvalue weighted by Gasteiger charge is -2.23. The fraction of sp³-hybridized carbons (Fsp3) is 0.190. The first-order valence-electron chi connectivity index (χ1n) is 8.87.